The number of rotatable bonds is 5. The Hall–Kier alpha value is -1.31. The molecule has 0 aliphatic carbocycles. The molecule has 2 heteroatoms. The molecule has 19 heavy (non-hydrogen) atoms. The van der Waals surface area contributed by atoms with Crippen LogP contribution in [0, 0.1) is 11.3 Å². The van der Waals surface area contributed by atoms with Gasteiger partial charge in [-0.1, -0.05) is 58.0 Å². The first-order chi connectivity index (χ1) is 8.85. The van der Waals surface area contributed by atoms with E-state index in [1.54, 1.807) is 0 Å². The Labute approximate surface area is 117 Å². The van der Waals surface area contributed by atoms with Crippen molar-refractivity contribution < 1.29 is 9.53 Å². The minimum absolute atomic E-state index is 0.0633. The minimum atomic E-state index is -0.0967. The maximum Gasteiger partial charge on any atom is 0.309 e. The molecule has 106 valence electrons. The van der Waals surface area contributed by atoms with E-state index in [0.717, 1.165) is 12.8 Å². The predicted molar refractivity (Wildman–Crippen MR) is 79.1 cm³/mol. The Morgan fingerprint density at radius 1 is 1.21 bits per heavy atom. The van der Waals surface area contributed by atoms with Crippen LogP contribution < -0.4 is 0 Å². The first-order valence-corrected chi connectivity index (χ1v) is 6.98. The lowest BCUT2D eigenvalue weighted by Gasteiger charge is -2.26. The van der Waals surface area contributed by atoms with Crippen molar-refractivity contribution in [2.75, 3.05) is 7.11 Å². The van der Waals surface area contributed by atoms with Gasteiger partial charge in [-0.2, -0.15) is 0 Å². The largest absolute Gasteiger partial charge is 0.469 e. The van der Waals surface area contributed by atoms with Crippen LogP contribution in [-0.4, -0.2) is 13.1 Å². The first-order valence-electron chi connectivity index (χ1n) is 6.98. The van der Waals surface area contributed by atoms with Crippen molar-refractivity contribution in [2.24, 2.45) is 11.3 Å². The zero-order valence-electron chi connectivity index (χ0n) is 12.8. The highest BCUT2D eigenvalue weighted by molar-refractivity contribution is 5.73. The molecule has 0 amide bonds. The number of methoxy groups -OCH3 is 1. The van der Waals surface area contributed by atoms with Crippen LogP contribution in [0.15, 0.2) is 30.3 Å². The molecule has 1 rings (SSSR count). The van der Waals surface area contributed by atoms with E-state index in [0.29, 0.717) is 0 Å². The monoisotopic (exact) mass is 262 g/mol. The van der Waals surface area contributed by atoms with Gasteiger partial charge < -0.3 is 4.74 Å². The highest BCUT2D eigenvalue weighted by Gasteiger charge is 2.28. The topological polar surface area (TPSA) is 26.3 Å². The standard InChI is InChI=1S/C17H26O2/c1-13(14-9-7-6-8-10-14)15(16(18)19-5)11-12-17(2,3)4/h6-10,13,15H,11-12H2,1-5H3/t13-,15-/m0/s1. The fourth-order valence-corrected chi connectivity index (χ4v) is 2.30. The van der Waals surface area contributed by atoms with Crippen LogP contribution in [0.3, 0.4) is 0 Å². The average Bonchev–Trinajstić information content (AvgIpc) is 2.38. The van der Waals surface area contributed by atoms with Crippen LogP contribution in [0.5, 0.6) is 0 Å². The highest BCUT2D eigenvalue weighted by atomic mass is 16.5. The van der Waals surface area contributed by atoms with Crippen molar-refractivity contribution in [1.29, 1.82) is 0 Å². The van der Waals surface area contributed by atoms with Gasteiger partial charge in [0.05, 0.1) is 13.0 Å². The van der Waals surface area contributed by atoms with E-state index >= 15 is 0 Å². The number of esters is 1. The zero-order chi connectivity index (χ0) is 14.5. The van der Waals surface area contributed by atoms with E-state index in [1.807, 2.05) is 18.2 Å². The minimum Gasteiger partial charge on any atom is -0.469 e. The molecule has 0 heterocycles. The van der Waals surface area contributed by atoms with Gasteiger partial charge in [0, 0.05) is 0 Å². The predicted octanol–water partition coefficient (Wildman–Crippen LogP) is 4.41. The molecule has 0 aliphatic rings. The number of carbonyl (C=O) groups excluding carboxylic acids is 1. The summed E-state index contributed by atoms with van der Waals surface area (Å²) in [6.07, 6.45) is 1.89. The quantitative estimate of drug-likeness (QED) is 0.735. The van der Waals surface area contributed by atoms with E-state index in [1.165, 1.54) is 12.7 Å². The smallest absolute Gasteiger partial charge is 0.309 e. The second-order valence-electron chi connectivity index (χ2n) is 6.43. The van der Waals surface area contributed by atoms with Gasteiger partial charge >= 0.3 is 5.97 Å². The summed E-state index contributed by atoms with van der Waals surface area (Å²) in [5.74, 6) is 0.0308. The summed E-state index contributed by atoms with van der Waals surface area (Å²) < 4.78 is 4.98. The van der Waals surface area contributed by atoms with Crippen LogP contribution >= 0.6 is 0 Å². The van der Waals surface area contributed by atoms with Crippen LogP contribution in [0.4, 0.5) is 0 Å². The average molecular weight is 262 g/mol. The van der Waals surface area contributed by atoms with Crippen molar-refractivity contribution in [3.8, 4) is 0 Å². The second kappa shape index (κ2) is 6.74. The molecule has 2 atom stereocenters. The molecule has 0 saturated heterocycles. The lowest BCUT2D eigenvalue weighted by molar-refractivity contribution is -0.146. The van der Waals surface area contributed by atoms with Crippen LogP contribution in [-0.2, 0) is 9.53 Å². The molecule has 0 unspecified atom stereocenters. The van der Waals surface area contributed by atoms with E-state index in [2.05, 4.69) is 39.8 Å². The highest BCUT2D eigenvalue weighted by Crippen LogP contribution is 2.32. The number of benzene rings is 1. The molecule has 1 aromatic rings. The number of carbonyl (C=O) groups is 1. The van der Waals surface area contributed by atoms with Crippen molar-refractivity contribution in [3.63, 3.8) is 0 Å². The molecule has 0 aromatic heterocycles. The third kappa shape index (κ3) is 5.06. The van der Waals surface area contributed by atoms with Gasteiger partial charge in [-0.15, -0.1) is 0 Å². The van der Waals surface area contributed by atoms with Crippen molar-refractivity contribution in [2.45, 2.75) is 46.5 Å². The molecule has 0 N–H and O–H groups in total. The van der Waals surface area contributed by atoms with Gasteiger partial charge in [-0.05, 0) is 29.7 Å². The maximum absolute atomic E-state index is 12.0. The van der Waals surface area contributed by atoms with E-state index in [-0.39, 0.29) is 23.2 Å². The lowest BCUT2D eigenvalue weighted by Crippen LogP contribution is -2.24. The Balaban J connectivity index is 2.82. The van der Waals surface area contributed by atoms with Crippen molar-refractivity contribution in [3.05, 3.63) is 35.9 Å². The zero-order valence-corrected chi connectivity index (χ0v) is 12.8. The van der Waals surface area contributed by atoms with E-state index < -0.39 is 0 Å². The molecular formula is C17H26O2. The summed E-state index contributed by atoms with van der Waals surface area (Å²) in [7, 11) is 1.48. The lowest BCUT2D eigenvalue weighted by atomic mass is 9.80. The van der Waals surface area contributed by atoms with Gasteiger partial charge in [0.25, 0.3) is 0 Å². The summed E-state index contributed by atoms with van der Waals surface area (Å²) in [6.45, 7) is 8.72. The van der Waals surface area contributed by atoms with Crippen LogP contribution in [0.2, 0.25) is 0 Å². The Morgan fingerprint density at radius 3 is 2.26 bits per heavy atom. The molecule has 1 aromatic carbocycles. The molecular weight excluding hydrogens is 236 g/mol. The Bertz CT molecular complexity index is 389. The third-order valence-corrected chi connectivity index (χ3v) is 3.64. The SMILES string of the molecule is COC(=O)[C@@H](CCC(C)(C)C)[C@@H](C)c1ccccc1. The van der Waals surface area contributed by atoms with E-state index in [4.69, 9.17) is 4.74 Å². The Kier molecular flexibility index (Phi) is 5.59. The molecule has 0 bridgehead atoms. The van der Waals surface area contributed by atoms with E-state index in [9.17, 15) is 4.79 Å². The number of hydrogen-bond donors (Lipinski definition) is 0. The fourth-order valence-electron chi connectivity index (χ4n) is 2.30. The van der Waals surface area contributed by atoms with Crippen LogP contribution in [0.1, 0.15) is 52.0 Å². The summed E-state index contributed by atoms with van der Waals surface area (Å²) in [5.41, 5.74) is 1.44. The van der Waals surface area contributed by atoms with Gasteiger partial charge in [-0.3, -0.25) is 4.79 Å². The van der Waals surface area contributed by atoms with Crippen LogP contribution in [0.25, 0.3) is 0 Å². The van der Waals surface area contributed by atoms with Gasteiger partial charge in [0.1, 0.15) is 0 Å². The van der Waals surface area contributed by atoms with Gasteiger partial charge in [0.15, 0.2) is 0 Å². The summed E-state index contributed by atoms with van der Waals surface area (Å²) in [6, 6.07) is 10.2. The second-order valence-corrected chi connectivity index (χ2v) is 6.43. The number of ether oxygens (including phenoxy) is 1. The van der Waals surface area contributed by atoms with Gasteiger partial charge in [-0.25, -0.2) is 0 Å². The molecule has 0 saturated carbocycles. The van der Waals surface area contributed by atoms with Crippen molar-refractivity contribution in [1.82, 2.24) is 0 Å². The molecule has 0 aliphatic heterocycles. The molecule has 2 nitrogen and oxygen atoms in total. The maximum atomic E-state index is 12.0. The molecule has 0 fully saturated rings. The third-order valence-electron chi connectivity index (χ3n) is 3.64. The summed E-state index contributed by atoms with van der Waals surface area (Å²) in [4.78, 5) is 12.0. The number of hydrogen-bond acceptors (Lipinski definition) is 2. The summed E-state index contributed by atoms with van der Waals surface area (Å²) >= 11 is 0. The molecule has 0 spiro atoms. The summed E-state index contributed by atoms with van der Waals surface area (Å²) in [5, 5.41) is 0. The molecule has 0 radical (unpaired) electrons. The Morgan fingerprint density at radius 2 is 1.79 bits per heavy atom. The normalized spacial score (nSPS) is 14.8. The van der Waals surface area contributed by atoms with Crippen molar-refractivity contribution >= 4 is 5.97 Å². The van der Waals surface area contributed by atoms with Gasteiger partial charge in [0.2, 0.25) is 0 Å². The fraction of sp³-hybridized carbons (Fsp3) is 0.588. The first kappa shape index (κ1) is 15.7.